The van der Waals surface area contributed by atoms with Crippen LogP contribution in [0.5, 0.6) is 0 Å². The summed E-state index contributed by atoms with van der Waals surface area (Å²) in [4.78, 5) is 0. The van der Waals surface area contributed by atoms with Crippen molar-refractivity contribution in [2.75, 3.05) is 12.3 Å². The maximum atomic E-state index is 5.89. The molecule has 1 heterocycles. The number of hydrogen-bond acceptors (Lipinski definition) is 2. The molecule has 3 rings (SSSR count). The average molecular weight is 225 g/mol. The number of rotatable bonds is 1. The first kappa shape index (κ1) is 10.4. The van der Waals surface area contributed by atoms with Gasteiger partial charge in [-0.3, -0.25) is 0 Å². The lowest BCUT2D eigenvalue weighted by atomic mass is 9.93. The van der Waals surface area contributed by atoms with Gasteiger partial charge in [0.1, 0.15) is 6.10 Å². The van der Waals surface area contributed by atoms with E-state index in [9.17, 15) is 0 Å². The van der Waals surface area contributed by atoms with E-state index in [1.54, 1.807) is 0 Å². The van der Waals surface area contributed by atoms with Crippen molar-refractivity contribution in [2.24, 2.45) is 0 Å². The van der Waals surface area contributed by atoms with Crippen molar-refractivity contribution in [2.45, 2.75) is 12.5 Å². The predicted molar refractivity (Wildman–Crippen MR) is 68.8 cm³/mol. The van der Waals surface area contributed by atoms with Gasteiger partial charge in [-0.15, -0.1) is 0 Å². The van der Waals surface area contributed by atoms with E-state index in [2.05, 4.69) is 24.3 Å². The fourth-order valence-corrected chi connectivity index (χ4v) is 2.34. The molecule has 0 saturated carbocycles. The summed E-state index contributed by atoms with van der Waals surface area (Å²) in [6.07, 6.45) is 1.06. The lowest BCUT2D eigenvalue weighted by Crippen LogP contribution is -2.17. The second kappa shape index (κ2) is 4.22. The van der Waals surface area contributed by atoms with Crippen molar-refractivity contribution >= 4 is 5.69 Å². The topological polar surface area (TPSA) is 35.2 Å². The monoisotopic (exact) mass is 225 g/mol. The van der Waals surface area contributed by atoms with Crippen molar-refractivity contribution in [3.05, 3.63) is 65.2 Å². The molecule has 1 aliphatic rings. The van der Waals surface area contributed by atoms with Crippen molar-refractivity contribution in [3.8, 4) is 0 Å². The highest BCUT2D eigenvalue weighted by Gasteiger charge is 2.21. The van der Waals surface area contributed by atoms with Crippen molar-refractivity contribution < 1.29 is 4.74 Å². The van der Waals surface area contributed by atoms with Gasteiger partial charge in [0.2, 0.25) is 0 Å². The summed E-state index contributed by atoms with van der Waals surface area (Å²) >= 11 is 0. The molecule has 1 atom stereocenters. The van der Waals surface area contributed by atoms with Gasteiger partial charge in [0.25, 0.3) is 0 Å². The highest BCUT2D eigenvalue weighted by Crippen LogP contribution is 2.32. The fourth-order valence-electron chi connectivity index (χ4n) is 2.34. The molecule has 0 unspecified atom stereocenters. The molecule has 2 heteroatoms. The molecular weight excluding hydrogens is 210 g/mol. The summed E-state index contributed by atoms with van der Waals surface area (Å²) in [5.74, 6) is 0. The van der Waals surface area contributed by atoms with Crippen molar-refractivity contribution in [3.63, 3.8) is 0 Å². The minimum Gasteiger partial charge on any atom is -0.399 e. The molecule has 2 aromatic carbocycles. The van der Waals surface area contributed by atoms with Crippen LogP contribution in [-0.2, 0) is 11.2 Å². The Kier molecular flexibility index (Phi) is 2.57. The Morgan fingerprint density at radius 1 is 1.00 bits per heavy atom. The first-order valence-corrected chi connectivity index (χ1v) is 5.89. The third kappa shape index (κ3) is 1.92. The van der Waals surface area contributed by atoms with Crippen LogP contribution >= 0.6 is 0 Å². The van der Waals surface area contributed by atoms with Crippen molar-refractivity contribution in [1.82, 2.24) is 0 Å². The molecule has 2 nitrogen and oxygen atoms in total. The minimum atomic E-state index is 0.0561. The number of hydrogen-bond donors (Lipinski definition) is 1. The zero-order valence-corrected chi connectivity index (χ0v) is 9.60. The van der Waals surface area contributed by atoms with E-state index in [4.69, 9.17) is 10.5 Å². The SMILES string of the molecule is Nc1ccc([C@H]2OCCc3ccccc32)cc1. The zero-order valence-electron chi connectivity index (χ0n) is 9.60. The van der Waals surface area contributed by atoms with E-state index < -0.39 is 0 Å². The number of nitrogen functional groups attached to an aromatic ring is 1. The predicted octanol–water partition coefficient (Wildman–Crippen LogP) is 2.93. The van der Waals surface area contributed by atoms with Crippen LogP contribution in [0.15, 0.2) is 48.5 Å². The Hall–Kier alpha value is -1.80. The van der Waals surface area contributed by atoms with E-state index in [0.717, 1.165) is 18.7 Å². The Balaban J connectivity index is 2.03. The van der Waals surface area contributed by atoms with Crippen LogP contribution in [0.3, 0.4) is 0 Å². The second-order valence-electron chi connectivity index (χ2n) is 4.37. The Labute approximate surface area is 101 Å². The maximum Gasteiger partial charge on any atom is 0.108 e. The Morgan fingerprint density at radius 3 is 2.59 bits per heavy atom. The molecule has 1 aliphatic heterocycles. The molecule has 0 aromatic heterocycles. The van der Waals surface area contributed by atoms with Gasteiger partial charge in [-0.05, 0) is 35.2 Å². The van der Waals surface area contributed by atoms with Gasteiger partial charge in [0.15, 0.2) is 0 Å². The highest BCUT2D eigenvalue weighted by molar-refractivity contribution is 5.43. The average Bonchev–Trinajstić information content (AvgIpc) is 2.39. The number of ether oxygens (including phenoxy) is 1. The quantitative estimate of drug-likeness (QED) is 0.757. The van der Waals surface area contributed by atoms with Gasteiger partial charge >= 0.3 is 0 Å². The number of nitrogens with two attached hydrogens (primary N) is 1. The van der Waals surface area contributed by atoms with E-state index in [0.29, 0.717) is 0 Å². The molecule has 0 aliphatic carbocycles. The lowest BCUT2D eigenvalue weighted by Gasteiger charge is -2.26. The third-order valence-electron chi connectivity index (χ3n) is 3.23. The molecule has 0 amide bonds. The normalized spacial score (nSPS) is 18.7. The fraction of sp³-hybridized carbons (Fsp3) is 0.200. The summed E-state index contributed by atoms with van der Waals surface area (Å²) in [5.41, 5.74) is 10.3. The molecule has 0 fully saturated rings. The standard InChI is InChI=1S/C15H15NO/c16-13-7-5-12(6-8-13)15-14-4-2-1-3-11(14)9-10-17-15/h1-8,15H,9-10,16H2/t15-/m1/s1. The Bertz CT molecular complexity index is 519. The van der Waals surface area contributed by atoms with Crippen molar-refractivity contribution in [1.29, 1.82) is 0 Å². The summed E-state index contributed by atoms with van der Waals surface area (Å²) in [6.45, 7) is 0.784. The van der Waals surface area contributed by atoms with Gasteiger partial charge in [0, 0.05) is 5.69 Å². The van der Waals surface area contributed by atoms with Crippen LogP contribution < -0.4 is 5.73 Å². The highest BCUT2D eigenvalue weighted by atomic mass is 16.5. The maximum absolute atomic E-state index is 5.89. The first-order chi connectivity index (χ1) is 8.34. The van der Waals surface area contributed by atoms with Crippen LogP contribution in [0.4, 0.5) is 5.69 Å². The molecule has 0 saturated heterocycles. The van der Waals surface area contributed by atoms with E-state index in [-0.39, 0.29) is 6.10 Å². The third-order valence-corrected chi connectivity index (χ3v) is 3.23. The molecule has 17 heavy (non-hydrogen) atoms. The molecule has 0 spiro atoms. The lowest BCUT2D eigenvalue weighted by molar-refractivity contribution is 0.0698. The first-order valence-electron chi connectivity index (χ1n) is 5.89. The van der Waals surface area contributed by atoms with E-state index in [1.165, 1.54) is 16.7 Å². The number of fused-ring (bicyclic) bond motifs is 1. The van der Waals surface area contributed by atoms with E-state index in [1.807, 2.05) is 24.3 Å². The van der Waals surface area contributed by atoms with Gasteiger partial charge in [-0.25, -0.2) is 0 Å². The Morgan fingerprint density at radius 2 is 1.76 bits per heavy atom. The molecule has 0 radical (unpaired) electrons. The zero-order chi connectivity index (χ0) is 11.7. The van der Waals surface area contributed by atoms with Gasteiger partial charge in [0.05, 0.1) is 6.61 Å². The van der Waals surface area contributed by atoms with Gasteiger partial charge in [-0.2, -0.15) is 0 Å². The minimum absolute atomic E-state index is 0.0561. The molecular formula is C15H15NO. The van der Waals surface area contributed by atoms with Crippen LogP contribution in [0.25, 0.3) is 0 Å². The summed E-state index contributed by atoms with van der Waals surface area (Å²) in [5, 5.41) is 0. The van der Waals surface area contributed by atoms with Crippen LogP contribution in [-0.4, -0.2) is 6.61 Å². The van der Waals surface area contributed by atoms with Crippen LogP contribution in [0, 0.1) is 0 Å². The molecule has 2 N–H and O–H groups in total. The van der Waals surface area contributed by atoms with E-state index >= 15 is 0 Å². The van der Waals surface area contributed by atoms with Crippen LogP contribution in [0.1, 0.15) is 22.8 Å². The molecule has 86 valence electrons. The molecule has 0 bridgehead atoms. The summed E-state index contributed by atoms with van der Waals surface area (Å²) in [7, 11) is 0. The van der Waals surface area contributed by atoms with Gasteiger partial charge in [-0.1, -0.05) is 36.4 Å². The summed E-state index contributed by atoms with van der Waals surface area (Å²) < 4.78 is 5.89. The largest absolute Gasteiger partial charge is 0.399 e. The van der Waals surface area contributed by atoms with Gasteiger partial charge < -0.3 is 10.5 Å². The van der Waals surface area contributed by atoms with Crippen LogP contribution in [0.2, 0.25) is 0 Å². The number of benzene rings is 2. The summed E-state index contributed by atoms with van der Waals surface area (Å²) in [6, 6.07) is 16.4. The smallest absolute Gasteiger partial charge is 0.108 e. The number of anilines is 1. The second-order valence-corrected chi connectivity index (χ2v) is 4.37. The molecule has 2 aromatic rings.